The van der Waals surface area contributed by atoms with E-state index in [4.69, 9.17) is 0 Å². The van der Waals surface area contributed by atoms with Crippen molar-refractivity contribution in [2.45, 2.75) is 0 Å². The molecular formula is C3H5CrNO. The minimum Gasteiger partial charge on any atom is -0.366 e. The second-order valence-electron chi connectivity index (χ2n) is 0.606. The van der Waals surface area contributed by atoms with Crippen LogP contribution in [-0.2, 0) is 22.2 Å². The van der Waals surface area contributed by atoms with Crippen molar-refractivity contribution in [3.05, 3.63) is 12.7 Å². The molecule has 2 nitrogen and oxygen atoms in total. The largest absolute Gasteiger partial charge is 0.366 e. The van der Waals surface area contributed by atoms with Gasteiger partial charge in [-0.15, -0.1) is 0 Å². The van der Waals surface area contributed by atoms with Crippen LogP contribution in [0, 0.1) is 0 Å². The number of carbonyl (C=O) groups is 1. The summed E-state index contributed by atoms with van der Waals surface area (Å²) >= 11 is 0. The molecule has 0 fully saturated rings. The molecule has 0 saturated heterocycles. The van der Waals surface area contributed by atoms with Gasteiger partial charge in [-0.05, 0) is 6.08 Å². The zero-order chi connectivity index (χ0) is 4.28. The third kappa shape index (κ3) is 9.27. The molecule has 0 rings (SSSR count). The molecule has 0 aromatic carbocycles. The molecule has 6 heavy (non-hydrogen) atoms. The quantitative estimate of drug-likeness (QED) is 0.476. The summed E-state index contributed by atoms with van der Waals surface area (Å²) in [6.45, 7) is 3.09. The van der Waals surface area contributed by atoms with E-state index in [-0.39, 0.29) is 17.4 Å². The van der Waals surface area contributed by atoms with Crippen LogP contribution in [0.4, 0.5) is 0 Å². The van der Waals surface area contributed by atoms with E-state index in [9.17, 15) is 4.79 Å². The molecule has 0 saturated carbocycles. The summed E-state index contributed by atoms with van der Waals surface area (Å²) < 4.78 is 0. The Labute approximate surface area is 47.2 Å². The summed E-state index contributed by atoms with van der Waals surface area (Å²) in [5, 5.41) is 0. The predicted molar refractivity (Wildman–Crippen MR) is 19.4 cm³/mol. The van der Waals surface area contributed by atoms with Crippen molar-refractivity contribution >= 4 is 5.91 Å². The van der Waals surface area contributed by atoms with Gasteiger partial charge in [0.15, 0.2) is 0 Å². The second kappa shape index (κ2) is 4.74. The van der Waals surface area contributed by atoms with E-state index in [2.05, 4.69) is 12.3 Å². The topological polar surface area (TPSA) is 43.1 Å². The van der Waals surface area contributed by atoms with E-state index in [0.717, 1.165) is 6.08 Å². The van der Waals surface area contributed by atoms with Gasteiger partial charge in [-0.25, -0.2) is 0 Å². The molecule has 3 heteroatoms. The Hall–Kier alpha value is -0.258. The van der Waals surface area contributed by atoms with Gasteiger partial charge in [-0.1, -0.05) is 6.58 Å². The van der Waals surface area contributed by atoms with E-state index >= 15 is 0 Å². The average molecular weight is 123 g/mol. The fraction of sp³-hybridized carbons (Fsp3) is 0. The van der Waals surface area contributed by atoms with Crippen molar-refractivity contribution in [2.24, 2.45) is 5.73 Å². The molecule has 2 N–H and O–H groups in total. The molecule has 0 aliphatic rings. The molecule has 0 atom stereocenters. The summed E-state index contributed by atoms with van der Waals surface area (Å²) in [6, 6.07) is 0. The van der Waals surface area contributed by atoms with Crippen molar-refractivity contribution in [1.29, 1.82) is 0 Å². The van der Waals surface area contributed by atoms with E-state index in [1.807, 2.05) is 0 Å². The number of amides is 1. The number of hydrogen-bond acceptors (Lipinski definition) is 1. The number of carbonyl (C=O) groups excluding carboxylic acids is 1. The van der Waals surface area contributed by atoms with Gasteiger partial charge < -0.3 is 5.73 Å². The van der Waals surface area contributed by atoms with E-state index < -0.39 is 5.91 Å². The maximum atomic E-state index is 9.47. The van der Waals surface area contributed by atoms with Crippen LogP contribution in [0.25, 0.3) is 0 Å². The fourth-order valence-electron chi connectivity index (χ4n) is 0. The van der Waals surface area contributed by atoms with E-state index in [0.29, 0.717) is 0 Å². The Morgan fingerprint density at radius 2 is 2.00 bits per heavy atom. The van der Waals surface area contributed by atoms with Crippen LogP contribution in [-0.4, -0.2) is 5.91 Å². The van der Waals surface area contributed by atoms with Gasteiger partial charge in [0.2, 0.25) is 5.91 Å². The molecule has 0 bridgehead atoms. The standard InChI is InChI=1S/C3H5NO.Cr/c1-2-3(4)5;/h2H,1H2,(H2,4,5);. The summed E-state index contributed by atoms with van der Waals surface area (Å²) in [7, 11) is 0. The van der Waals surface area contributed by atoms with Gasteiger partial charge in [0, 0.05) is 17.4 Å². The first-order valence-corrected chi connectivity index (χ1v) is 1.19. The van der Waals surface area contributed by atoms with Crippen LogP contribution in [0.5, 0.6) is 0 Å². The van der Waals surface area contributed by atoms with Crippen LogP contribution in [0.1, 0.15) is 0 Å². The minimum absolute atomic E-state index is 0. The van der Waals surface area contributed by atoms with Gasteiger partial charge >= 0.3 is 0 Å². The molecule has 0 spiro atoms. The van der Waals surface area contributed by atoms with Crippen LogP contribution in [0.2, 0.25) is 0 Å². The van der Waals surface area contributed by atoms with Crippen molar-refractivity contribution in [1.82, 2.24) is 0 Å². The minimum atomic E-state index is -0.481. The Morgan fingerprint density at radius 3 is 2.00 bits per heavy atom. The average Bonchev–Trinajstić information content (AvgIpc) is 1.38. The number of nitrogens with two attached hydrogens (primary N) is 1. The maximum Gasteiger partial charge on any atom is 0.240 e. The van der Waals surface area contributed by atoms with Gasteiger partial charge in [-0.2, -0.15) is 0 Å². The normalized spacial score (nSPS) is 5.33. The van der Waals surface area contributed by atoms with Crippen molar-refractivity contribution in [3.63, 3.8) is 0 Å². The SMILES string of the molecule is C=CC(N)=O.[Cr]. The molecule has 1 amide bonds. The molecule has 34 valence electrons. The third-order valence-electron chi connectivity index (χ3n) is 0.201. The van der Waals surface area contributed by atoms with E-state index in [1.54, 1.807) is 0 Å². The molecule has 0 heterocycles. The Kier molecular flexibility index (Phi) is 7.29. The van der Waals surface area contributed by atoms with Gasteiger partial charge in [0.1, 0.15) is 0 Å². The fourth-order valence-corrected chi connectivity index (χ4v) is 0. The Bertz CT molecular complexity index is 61.8. The second-order valence-corrected chi connectivity index (χ2v) is 0.606. The predicted octanol–water partition coefficient (Wildman–Crippen LogP) is -0.345. The third-order valence-corrected chi connectivity index (χ3v) is 0.201. The van der Waals surface area contributed by atoms with Crippen molar-refractivity contribution in [3.8, 4) is 0 Å². The molecule has 0 radical (unpaired) electrons. The van der Waals surface area contributed by atoms with E-state index in [1.165, 1.54) is 0 Å². The monoisotopic (exact) mass is 123 g/mol. The summed E-state index contributed by atoms with van der Waals surface area (Å²) in [5.74, 6) is -0.481. The maximum absolute atomic E-state index is 9.47. The molecule has 0 aliphatic heterocycles. The van der Waals surface area contributed by atoms with Gasteiger partial charge in [0.25, 0.3) is 0 Å². The zero-order valence-corrected chi connectivity index (χ0v) is 4.45. The van der Waals surface area contributed by atoms with Crippen LogP contribution < -0.4 is 5.73 Å². The summed E-state index contributed by atoms with van der Waals surface area (Å²) in [6.07, 6.45) is 1.06. The van der Waals surface area contributed by atoms with Crippen LogP contribution in [0.3, 0.4) is 0 Å². The van der Waals surface area contributed by atoms with Crippen LogP contribution >= 0.6 is 0 Å². The summed E-state index contributed by atoms with van der Waals surface area (Å²) in [5.41, 5.74) is 4.53. The number of hydrogen-bond donors (Lipinski definition) is 1. The summed E-state index contributed by atoms with van der Waals surface area (Å²) in [4.78, 5) is 9.47. The first kappa shape index (κ1) is 9.22. The first-order valence-electron chi connectivity index (χ1n) is 1.19. The Morgan fingerprint density at radius 1 is 1.83 bits per heavy atom. The van der Waals surface area contributed by atoms with Gasteiger partial charge in [0.05, 0.1) is 0 Å². The molecule has 0 unspecified atom stereocenters. The van der Waals surface area contributed by atoms with Crippen LogP contribution in [0.15, 0.2) is 12.7 Å². The van der Waals surface area contributed by atoms with Crippen molar-refractivity contribution in [2.75, 3.05) is 0 Å². The Balaban J connectivity index is 0. The van der Waals surface area contributed by atoms with Gasteiger partial charge in [-0.3, -0.25) is 4.79 Å². The molecule has 0 aromatic heterocycles. The molecule has 0 aromatic rings. The van der Waals surface area contributed by atoms with Crippen molar-refractivity contribution < 1.29 is 22.2 Å². The smallest absolute Gasteiger partial charge is 0.240 e. The zero-order valence-electron chi connectivity index (χ0n) is 3.18. The molecule has 0 aliphatic carbocycles. The number of rotatable bonds is 1. The molecular weight excluding hydrogens is 118 g/mol. The number of primary amides is 1. The first-order chi connectivity index (χ1) is 2.27.